The van der Waals surface area contributed by atoms with E-state index in [-0.39, 0.29) is 5.41 Å². The number of nitrogens with zero attached hydrogens (tertiary/aromatic N) is 3. The second-order valence-corrected chi connectivity index (χ2v) is 7.24. The number of hydrogen-bond donors (Lipinski definition) is 1. The Kier molecular flexibility index (Phi) is 4.13. The Bertz CT molecular complexity index is 616. The lowest BCUT2D eigenvalue weighted by Crippen LogP contribution is -2.58. The van der Waals surface area contributed by atoms with E-state index in [1.54, 1.807) is 6.33 Å². The van der Waals surface area contributed by atoms with Gasteiger partial charge in [0.25, 0.3) is 0 Å². The Morgan fingerprint density at radius 1 is 1.38 bits per heavy atom. The summed E-state index contributed by atoms with van der Waals surface area (Å²) in [5.41, 5.74) is 1.51. The van der Waals surface area contributed by atoms with E-state index in [0.717, 1.165) is 36.4 Å². The molecule has 5 heteroatoms. The zero-order valence-electron chi connectivity index (χ0n) is 12.5. The molecule has 0 spiro atoms. The molecule has 0 radical (unpaired) electrons. The van der Waals surface area contributed by atoms with E-state index in [9.17, 15) is 0 Å². The van der Waals surface area contributed by atoms with Crippen LogP contribution in [0, 0.1) is 5.92 Å². The molecule has 1 fully saturated rings. The molecule has 1 aromatic heterocycles. The van der Waals surface area contributed by atoms with E-state index in [2.05, 4.69) is 74.1 Å². The van der Waals surface area contributed by atoms with Gasteiger partial charge < -0.3 is 5.32 Å². The average molecular weight is 349 g/mol. The molecule has 2 heterocycles. The lowest BCUT2D eigenvalue weighted by atomic mass is 9.72. The average Bonchev–Trinajstić information content (AvgIpc) is 2.80. The molecule has 1 aliphatic rings. The number of hydrogen-bond acceptors (Lipinski definition) is 3. The molecule has 0 bridgehead atoms. The molecule has 1 aliphatic heterocycles. The molecule has 0 atom stereocenters. The zero-order chi connectivity index (χ0) is 14.9. The van der Waals surface area contributed by atoms with Crippen molar-refractivity contribution in [2.24, 2.45) is 5.92 Å². The second kappa shape index (κ2) is 5.89. The quantitative estimate of drug-likeness (QED) is 0.903. The van der Waals surface area contributed by atoms with E-state index in [0.29, 0.717) is 5.92 Å². The minimum Gasteiger partial charge on any atom is -0.315 e. The predicted octanol–water partition coefficient (Wildman–Crippen LogP) is 2.78. The minimum atomic E-state index is 0.144. The van der Waals surface area contributed by atoms with Crippen molar-refractivity contribution in [2.75, 3.05) is 13.1 Å². The Morgan fingerprint density at radius 3 is 2.81 bits per heavy atom. The smallest absolute Gasteiger partial charge is 0.138 e. The fourth-order valence-electron chi connectivity index (χ4n) is 2.90. The van der Waals surface area contributed by atoms with Gasteiger partial charge in [0, 0.05) is 35.9 Å². The molecule has 1 saturated heterocycles. The number of aromatic nitrogens is 3. The van der Waals surface area contributed by atoms with Gasteiger partial charge in [-0.1, -0.05) is 41.9 Å². The SMILES string of the molecule is CC(C)Cn1ncnc1CC1(c2cccc(Br)c2)CNC1. The first-order valence-electron chi connectivity index (χ1n) is 7.42. The number of halogens is 1. The van der Waals surface area contributed by atoms with Crippen LogP contribution in [0.3, 0.4) is 0 Å². The van der Waals surface area contributed by atoms with Crippen LogP contribution in [0.5, 0.6) is 0 Å². The van der Waals surface area contributed by atoms with Crippen LogP contribution in [0.2, 0.25) is 0 Å². The highest BCUT2D eigenvalue weighted by Crippen LogP contribution is 2.33. The van der Waals surface area contributed by atoms with E-state index >= 15 is 0 Å². The minimum absolute atomic E-state index is 0.144. The highest BCUT2D eigenvalue weighted by Gasteiger charge is 2.40. The topological polar surface area (TPSA) is 42.7 Å². The van der Waals surface area contributed by atoms with Crippen molar-refractivity contribution in [1.82, 2.24) is 20.1 Å². The van der Waals surface area contributed by atoms with Crippen molar-refractivity contribution in [3.8, 4) is 0 Å². The first-order chi connectivity index (χ1) is 10.1. The Balaban J connectivity index is 1.86. The first-order valence-corrected chi connectivity index (χ1v) is 8.22. The van der Waals surface area contributed by atoms with Crippen LogP contribution in [-0.2, 0) is 18.4 Å². The van der Waals surface area contributed by atoms with Crippen molar-refractivity contribution < 1.29 is 0 Å². The van der Waals surface area contributed by atoms with Crippen LogP contribution < -0.4 is 5.32 Å². The summed E-state index contributed by atoms with van der Waals surface area (Å²) in [7, 11) is 0. The van der Waals surface area contributed by atoms with E-state index in [4.69, 9.17) is 0 Å². The highest BCUT2D eigenvalue weighted by molar-refractivity contribution is 9.10. The second-order valence-electron chi connectivity index (χ2n) is 6.32. The van der Waals surface area contributed by atoms with Crippen LogP contribution in [0.25, 0.3) is 0 Å². The van der Waals surface area contributed by atoms with Crippen molar-refractivity contribution in [2.45, 2.75) is 32.2 Å². The van der Waals surface area contributed by atoms with Crippen molar-refractivity contribution in [3.05, 3.63) is 46.5 Å². The van der Waals surface area contributed by atoms with Gasteiger partial charge >= 0.3 is 0 Å². The number of benzene rings is 1. The third-order valence-corrected chi connectivity index (χ3v) is 4.59. The van der Waals surface area contributed by atoms with Gasteiger partial charge in [0.15, 0.2) is 0 Å². The van der Waals surface area contributed by atoms with E-state index < -0.39 is 0 Å². The van der Waals surface area contributed by atoms with Crippen LogP contribution in [0.1, 0.15) is 25.2 Å². The Hall–Kier alpha value is -1.20. The maximum absolute atomic E-state index is 4.50. The number of rotatable bonds is 5. The van der Waals surface area contributed by atoms with E-state index in [1.807, 2.05) is 0 Å². The molecule has 3 rings (SSSR count). The molecule has 0 aliphatic carbocycles. The van der Waals surface area contributed by atoms with E-state index in [1.165, 1.54) is 5.56 Å². The lowest BCUT2D eigenvalue weighted by molar-refractivity contribution is 0.264. The maximum Gasteiger partial charge on any atom is 0.138 e. The molecular formula is C16H21BrN4. The lowest BCUT2D eigenvalue weighted by Gasteiger charge is -2.43. The van der Waals surface area contributed by atoms with Crippen LogP contribution in [-0.4, -0.2) is 27.9 Å². The molecular weight excluding hydrogens is 328 g/mol. The zero-order valence-corrected chi connectivity index (χ0v) is 14.1. The highest BCUT2D eigenvalue weighted by atomic mass is 79.9. The summed E-state index contributed by atoms with van der Waals surface area (Å²) in [6.45, 7) is 7.34. The summed E-state index contributed by atoms with van der Waals surface area (Å²) in [6.07, 6.45) is 2.61. The molecule has 1 N–H and O–H groups in total. The molecule has 0 amide bonds. The van der Waals surface area contributed by atoms with Crippen molar-refractivity contribution >= 4 is 15.9 Å². The fraction of sp³-hybridized carbons (Fsp3) is 0.500. The van der Waals surface area contributed by atoms with Gasteiger partial charge in [0.1, 0.15) is 12.2 Å². The van der Waals surface area contributed by atoms with Gasteiger partial charge in [-0.15, -0.1) is 0 Å². The molecule has 2 aromatic rings. The van der Waals surface area contributed by atoms with Gasteiger partial charge in [0.2, 0.25) is 0 Å². The van der Waals surface area contributed by atoms with Gasteiger partial charge in [-0.3, -0.25) is 0 Å². The van der Waals surface area contributed by atoms with Crippen molar-refractivity contribution in [3.63, 3.8) is 0 Å². The monoisotopic (exact) mass is 348 g/mol. The summed E-state index contributed by atoms with van der Waals surface area (Å²) in [5.74, 6) is 1.66. The molecule has 21 heavy (non-hydrogen) atoms. The maximum atomic E-state index is 4.50. The van der Waals surface area contributed by atoms with Gasteiger partial charge in [-0.2, -0.15) is 5.10 Å². The molecule has 112 valence electrons. The molecule has 0 unspecified atom stereocenters. The fourth-order valence-corrected chi connectivity index (χ4v) is 3.30. The Morgan fingerprint density at radius 2 is 2.19 bits per heavy atom. The van der Waals surface area contributed by atoms with Crippen LogP contribution in [0.4, 0.5) is 0 Å². The van der Waals surface area contributed by atoms with Gasteiger partial charge in [0.05, 0.1) is 0 Å². The largest absolute Gasteiger partial charge is 0.315 e. The van der Waals surface area contributed by atoms with Crippen LogP contribution in [0.15, 0.2) is 35.1 Å². The first kappa shape index (κ1) is 14.7. The van der Waals surface area contributed by atoms with Gasteiger partial charge in [-0.25, -0.2) is 9.67 Å². The summed E-state index contributed by atoms with van der Waals surface area (Å²) in [5, 5.41) is 7.81. The summed E-state index contributed by atoms with van der Waals surface area (Å²) < 4.78 is 3.19. The molecule has 1 aromatic carbocycles. The molecule has 4 nitrogen and oxygen atoms in total. The van der Waals surface area contributed by atoms with Gasteiger partial charge in [-0.05, 0) is 23.6 Å². The standard InChI is InChI=1S/C16H21BrN4/c1-12(2)8-21-15(19-11-20-21)7-16(9-18-10-16)13-4-3-5-14(17)6-13/h3-6,11-12,18H,7-10H2,1-2H3. The van der Waals surface area contributed by atoms with Crippen LogP contribution >= 0.6 is 15.9 Å². The third-order valence-electron chi connectivity index (χ3n) is 4.09. The molecule has 0 saturated carbocycles. The summed E-state index contributed by atoms with van der Waals surface area (Å²) >= 11 is 3.58. The van der Waals surface area contributed by atoms with Crippen molar-refractivity contribution in [1.29, 1.82) is 0 Å². The normalized spacial score (nSPS) is 17.0. The summed E-state index contributed by atoms with van der Waals surface area (Å²) in [6, 6.07) is 8.63. The predicted molar refractivity (Wildman–Crippen MR) is 87.3 cm³/mol. The third kappa shape index (κ3) is 3.04. The number of nitrogens with one attached hydrogen (secondary N) is 1. The Labute approximate surface area is 134 Å². The summed E-state index contributed by atoms with van der Waals surface area (Å²) in [4.78, 5) is 4.50.